The van der Waals surface area contributed by atoms with Crippen LogP contribution in [0.1, 0.15) is 50.8 Å². The molecule has 2 aromatic heterocycles. The molecule has 1 aromatic carbocycles. The van der Waals surface area contributed by atoms with Crippen LogP contribution >= 0.6 is 11.3 Å². The summed E-state index contributed by atoms with van der Waals surface area (Å²) in [4.78, 5) is 31.7. The Labute approximate surface area is 195 Å². The SMILES string of the molecule is CCOC(=O)C1=C(C)N=c2s/c(=C/c3ccc(C)o3)c(=O)n2[C@H]1c1ccccc1OC(C)C. The molecule has 0 unspecified atom stereocenters. The molecule has 0 saturated heterocycles. The molecule has 0 radical (unpaired) electrons. The van der Waals surface area contributed by atoms with Gasteiger partial charge in [0.2, 0.25) is 0 Å². The van der Waals surface area contributed by atoms with Gasteiger partial charge >= 0.3 is 5.97 Å². The smallest absolute Gasteiger partial charge is 0.338 e. The van der Waals surface area contributed by atoms with Crippen molar-refractivity contribution < 1.29 is 18.7 Å². The molecule has 172 valence electrons. The highest BCUT2D eigenvalue weighted by Crippen LogP contribution is 2.36. The molecule has 0 spiro atoms. The number of aromatic nitrogens is 1. The van der Waals surface area contributed by atoms with E-state index in [1.807, 2.05) is 57.2 Å². The normalized spacial score (nSPS) is 16.1. The van der Waals surface area contributed by atoms with Crippen LogP contribution in [0.3, 0.4) is 0 Å². The van der Waals surface area contributed by atoms with Gasteiger partial charge in [-0.05, 0) is 52.8 Å². The fourth-order valence-corrected chi connectivity index (χ4v) is 4.84. The number of benzene rings is 1. The molecule has 0 fully saturated rings. The van der Waals surface area contributed by atoms with E-state index in [0.29, 0.717) is 37.7 Å². The van der Waals surface area contributed by atoms with Crippen molar-refractivity contribution in [1.82, 2.24) is 4.57 Å². The molecule has 1 aliphatic rings. The molecule has 1 atom stereocenters. The molecule has 8 heteroatoms. The van der Waals surface area contributed by atoms with Crippen molar-refractivity contribution in [3.05, 3.63) is 84.4 Å². The zero-order valence-electron chi connectivity index (χ0n) is 19.2. The highest BCUT2D eigenvalue weighted by molar-refractivity contribution is 7.07. The Kier molecular flexibility index (Phi) is 6.37. The predicted octanol–water partition coefficient (Wildman–Crippen LogP) is 3.49. The molecular formula is C25H26N2O5S. The van der Waals surface area contributed by atoms with Crippen molar-refractivity contribution in [3.63, 3.8) is 0 Å². The summed E-state index contributed by atoms with van der Waals surface area (Å²) < 4.78 is 19.0. The van der Waals surface area contributed by atoms with E-state index in [1.54, 1.807) is 24.5 Å². The summed E-state index contributed by atoms with van der Waals surface area (Å²) in [6, 6.07) is 10.4. The lowest BCUT2D eigenvalue weighted by Crippen LogP contribution is -2.40. The predicted molar refractivity (Wildman–Crippen MR) is 126 cm³/mol. The molecule has 33 heavy (non-hydrogen) atoms. The van der Waals surface area contributed by atoms with Gasteiger partial charge in [-0.15, -0.1) is 0 Å². The number of esters is 1. The van der Waals surface area contributed by atoms with Gasteiger partial charge in [-0.25, -0.2) is 9.79 Å². The molecular weight excluding hydrogens is 440 g/mol. The minimum atomic E-state index is -0.726. The van der Waals surface area contributed by atoms with Crippen LogP contribution in [0.4, 0.5) is 0 Å². The van der Waals surface area contributed by atoms with Gasteiger partial charge in [0.05, 0.1) is 28.5 Å². The van der Waals surface area contributed by atoms with Crippen LogP contribution in [0, 0.1) is 6.92 Å². The third-order valence-electron chi connectivity index (χ3n) is 5.13. The van der Waals surface area contributed by atoms with Crippen LogP contribution < -0.4 is 19.6 Å². The lowest BCUT2D eigenvalue weighted by Gasteiger charge is -2.26. The van der Waals surface area contributed by atoms with Gasteiger partial charge < -0.3 is 13.9 Å². The van der Waals surface area contributed by atoms with Gasteiger partial charge in [0.25, 0.3) is 5.56 Å². The largest absolute Gasteiger partial charge is 0.491 e. The molecule has 0 amide bonds. The van der Waals surface area contributed by atoms with Crippen LogP contribution in [0.5, 0.6) is 5.75 Å². The summed E-state index contributed by atoms with van der Waals surface area (Å²) in [7, 11) is 0. The van der Waals surface area contributed by atoms with Crippen molar-refractivity contribution in [2.24, 2.45) is 4.99 Å². The minimum absolute atomic E-state index is 0.0831. The first-order valence-corrected chi connectivity index (χ1v) is 11.6. The van der Waals surface area contributed by atoms with Gasteiger partial charge in [-0.1, -0.05) is 29.5 Å². The monoisotopic (exact) mass is 466 g/mol. The van der Waals surface area contributed by atoms with Gasteiger partial charge in [0, 0.05) is 11.6 Å². The van der Waals surface area contributed by atoms with E-state index in [9.17, 15) is 9.59 Å². The van der Waals surface area contributed by atoms with Crippen LogP contribution in [0.25, 0.3) is 6.08 Å². The zero-order valence-corrected chi connectivity index (χ0v) is 20.1. The lowest BCUT2D eigenvalue weighted by molar-refractivity contribution is -0.139. The first kappa shape index (κ1) is 22.8. The number of rotatable bonds is 6. The average Bonchev–Trinajstić information content (AvgIpc) is 3.30. The second-order valence-corrected chi connectivity index (χ2v) is 8.96. The van der Waals surface area contributed by atoms with Crippen LogP contribution in [0.15, 0.2) is 61.9 Å². The number of ether oxygens (including phenoxy) is 2. The highest BCUT2D eigenvalue weighted by Gasteiger charge is 2.35. The van der Waals surface area contributed by atoms with Crippen LogP contribution in [-0.4, -0.2) is 23.2 Å². The average molecular weight is 467 g/mol. The fourth-order valence-electron chi connectivity index (χ4n) is 3.81. The molecule has 0 N–H and O–H groups in total. The second-order valence-electron chi connectivity index (χ2n) is 7.96. The number of carbonyl (C=O) groups is 1. The summed E-state index contributed by atoms with van der Waals surface area (Å²) in [6.07, 6.45) is 1.62. The zero-order chi connectivity index (χ0) is 23.7. The quantitative estimate of drug-likeness (QED) is 0.520. The Balaban J connectivity index is 1.98. The number of thiazole rings is 1. The molecule has 4 rings (SSSR count). The Bertz CT molecular complexity index is 1410. The molecule has 3 heterocycles. The lowest BCUT2D eigenvalue weighted by atomic mass is 9.95. The Hall–Kier alpha value is -3.39. The van der Waals surface area contributed by atoms with Crippen molar-refractivity contribution in [2.75, 3.05) is 6.61 Å². The maximum absolute atomic E-state index is 13.6. The molecule has 7 nitrogen and oxygen atoms in total. The van der Waals surface area contributed by atoms with Gasteiger partial charge in [0.15, 0.2) is 4.80 Å². The van der Waals surface area contributed by atoms with E-state index in [0.717, 1.165) is 5.76 Å². The number of carbonyl (C=O) groups excluding carboxylic acids is 1. The molecule has 3 aromatic rings. The molecule has 0 aliphatic carbocycles. The number of hydrogen-bond acceptors (Lipinski definition) is 7. The van der Waals surface area contributed by atoms with Crippen LogP contribution in [-0.2, 0) is 9.53 Å². The van der Waals surface area contributed by atoms with Crippen molar-refractivity contribution in [1.29, 1.82) is 0 Å². The number of fused-ring (bicyclic) bond motifs is 1. The minimum Gasteiger partial charge on any atom is -0.491 e. The first-order chi connectivity index (χ1) is 15.8. The Morgan fingerprint density at radius 3 is 2.67 bits per heavy atom. The van der Waals surface area contributed by atoms with E-state index in [1.165, 1.54) is 11.3 Å². The van der Waals surface area contributed by atoms with E-state index in [-0.39, 0.29) is 18.3 Å². The molecule has 0 bridgehead atoms. The summed E-state index contributed by atoms with van der Waals surface area (Å²) in [5.41, 5.74) is 1.28. The summed E-state index contributed by atoms with van der Waals surface area (Å²) in [5.74, 6) is 1.44. The van der Waals surface area contributed by atoms with Gasteiger partial charge in [0.1, 0.15) is 23.3 Å². The number of allylic oxidation sites excluding steroid dienone is 1. The van der Waals surface area contributed by atoms with E-state index in [4.69, 9.17) is 13.9 Å². The third-order valence-corrected chi connectivity index (χ3v) is 6.11. The molecule has 1 aliphatic heterocycles. The van der Waals surface area contributed by atoms with Crippen LogP contribution in [0.2, 0.25) is 0 Å². The first-order valence-electron chi connectivity index (χ1n) is 10.8. The maximum Gasteiger partial charge on any atom is 0.338 e. The topological polar surface area (TPSA) is 83.0 Å². The summed E-state index contributed by atoms with van der Waals surface area (Å²) in [5, 5.41) is 0. The van der Waals surface area contributed by atoms with E-state index < -0.39 is 12.0 Å². The Morgan fingerprint density at radius 1 is 1.24 bits per heavy atom. The van der Waals surface area contributed by atoms with Crippen molar-refractivity contribution in [2.45, 2.75) is 46.8 Å². The van der Waals surface area contributed by atoms with Crippen molar-refractivity contribution >= 4 is 23.4 Å². The Morgan fingerprint density at radius 2 is 2.00 bits per heavy atom. The maximum atomic E-state index is 13.6. The fraction of sp³-hybridized carbons (Fsp3) is 0.320. The highest BCUT2D eigenvalue weighted by atomic mass is 32.1. The third kappa shape index (κ3) is 4.43. The number of hydrogen-bond donors (Lipinski definition) is 0. The number of para-hydroxylation sites is 1. The number of nitrogens with zero attached hydrogens (tertiary/aromatic N) is 2. The van der Waals surface area contributed by atoms with Gasteiger partial charge in [-0.2, -0.15) is 0 Å². The number of furan rings is 1. The standard InChI is InChI=1S/C25H26N2O5S/c1-6-30-24(29)21-16(5)26-25-27(22(21)18-9-7-8-10-19(18)31-14(2)3)23(28)20(33-25)13-17-12-11-15(4)32-17/h7-14,22H,6H2,1-5H3/b20-13+/t22-/m0/s1. The van der Waals surface area contributed by atoms with Gasteiger partial charge in [-0.3, -0.25) is 9.36 Å². The number of aryl methyl sites for hydroxylation is 1. The second kappa shape index (κ2) is 9.23. The van der Waals surface area contributed by atoms with E-state index >= 15 is 0 Å². The van der Waals surface area contributed by atoms with E-state index in [2.05, 4.69) is 4.99 Å². The summed E-state index contributed by atoms with van der Waals surface area (Å²) in [6.45, 7) is 9.44. The summed E-state index contributed by atoms with van der Waals surface area (Å²) >= 11 is 1.26. The molecule has 0 saturated carbocycles. The van der Waals surface area contributed by atoms with Crippen molar-refractivity contribution in [3.8, 4) is 5.75 Å².